The van der Waals surface area contributed by atoms with E-state index in [4.69, 9.17) is 4.42 Å². The van der Waals surface area contributed by atoms with Crippen molar-refractivity contribution in [3.63, 3.8) is 0 Å². The fraction of sp³-hybridized carbons (Fsp3) is 0.308. The molecule has 1 aliphatic rings. The number of aromatic nitrogens is 4. The van der Waals surface area contributed by atoms with Gasteiger partial charge in [0, 0.05) is 37.6 Å². The minimum atomic E-state index is -4.40. The van der Waals surface area contributed by atoms with Crippen LogP contribution in [0.4, 0.5) is 18.9 Å². The van der Waals surface area contributed by atoms with Crippen molar-refractivity contribution >= 4 is 23.4 Å². The summed E-state index contributed by atoms with van der Waals surface area (Å²) >= 11 is 1.40. The van der Waals surface area contributed by atoms with Crippen molar-refractivity contribution in [2.24, 2.45) is 0 Å². The summed E-state index contributed by atoms with van der Waals surface area (Å²) < 4.78 is 46.7. The summed E-state index contributed by atoms with van der Waals surface area (Å²) in [4.78, 5) is 20.8. The molecule has 1 saturated heterocycles. The third-order valence-corrected chi connectivity index (χ3v) is 7.17. The molecule has 4 aromatic rings. The molecule has 38 heavy (non-hydrogen) atoms. The quantitative estimate of drug-likeness (QED) is 0.312. The summed E-state index contributed by atoms with van der Waals surface area (Å²) in [5, 5.41) is 9.15. The number of anilines is 1. The molecule has 2 aromatic heterocycles. The number of nitrogens with zero attached hydrogens (tertiary/aromatic N) is 6. The van der Waals surface area contributed by atoms with Gasteiger partial charge in [0.15, 0.2) is 10.9 Å². The Labute approximate surface area is 221 Å². The molecule has 0 radical (unpaired) electrons. The van der Waals surface area contributed by atoms with Gasteiger partial charge in [0.05, 0.1) is 11.3 Å². The summed E-state index contributed by atoms with van der Waals surface area (Å²) in [6.45, 7) is 5.47. The summed E-state index contributed by atoms with van der Waals surface area (Å²) in [7, 11) is 0. The summed E-state index contributed by atoms with van der Waals surface area (Å²) in [5.74, 6) is 1.23. The molecular formula is C26H25F3N6O2S. The molecule has 1 amide bonds. The van der Waals surface area contributed by atoms with Gasteiger partial charge < -0.3 is 14.2 Å². The number of oxazole rings is 1. The third kappa shape index (κ3) is 5.54. The molecule has 1 aliphatic heterocycles. The number of rotatable bonds is 6. The highest BCUT2D eigenvalue weighted by atomic mass is 32.2. The fourth-order valence-electron chi connectivity index (χ4n) is 4.31. The number of piperazine rings is 1. The van der Waals surface area contributed by atoms with Crippen LogP contribution in [0.3, 0.4) is 0 Å². The van der Waals surface area contributed by atoms with E-state index < -0.39 is 11.7 Å². The number of benzene rings is 2. The van der Waals surface area contributed by atoms with E-state index in [2.05, 4.69) is 21.2 Å². The first-order valence-electron chi connectivity index (χ1n) is 12.0. The lowest BCUT2D eigenvalue weighted by Crippen LogP contribution is -2.49. The van der Waals surface area contributed by atoms with Crippen molar-refractivity contribution in [2.45, 2.75) is 30.9 Å². The molecule has 5 rings (SSSR count). The number of thioether (sulfide) groups is 1. The maximum absolute atomic E-state index is 13.1. The van der Waals surface area contributed by atoms with Gasteiger partial charge in [-0.05, 0) is 49.7 Å². The Balaban J connectivity index is 1.19. The van der Waals surface area contributed by atoms with Crippen LogP contribution in [-0.4, -0.2) is 56.7 Å². The average Bonchev–Trinajstić information content (AvgIpc) is 3.53. The number of aryl methyl sites for hydroxylation is 2. The van der Waals surface area contributed by atoms with Crippen LogP contribution in [0, 0.1) is 13.8 Å². The van der Waals surface area contributed by atoms with Crippen molar-refractivity contribution in [3.8, 4) is 5.69 Å². The smallest absolute Gasteiger partial charge is 0.416 e. The summed E-state index contributed by atoms with van der Waals surface area (Å²) in [6.07, 6.45) is -3.06. The Morgan fingerprint density at radius 1 is 1.00 bits per heavy atom. The molecule has 0 aliphatic carbocycles. The van der Waals surface area contributed by atoms with Gasteiger partial charge in [-0.2, -0.15) is 13.2 Å². The molecule has 3 heterocycles. The third-order valence-electron chi connectivity index (χ3n) is 6.26. The Hall–Kier alpha value is -3.80. The lowest BCUT2D eigenvalue weighted by Gasteiger charge is -2.36. The summed E-state index contributed by atoms with van der Waals surface area (Å²) in [6, 6.07) is 13.3. The van der Waals surface area contributed by atoms with Gasteiger partial charge in [-0.1, -0.05) is 30.0 Å². The van der Waals surface area contributed by atoms with E-state index in [-0.39, 0.29) is 11.6 Å². The van der Waals surface area contributed by atoms with Crippen LogP contribution in [0.25, 0.3) is 5.69 Å². The van der Waals surface area contributed by atoms with Gasteiger partial charge in [0.2, 0.25) is 5.89 Å². The molecule has 0 unspecified atom stereocenters. The molecular weight excluding hydrogens is 517 g/mol. The first kappa shape index (κ1) is 25.8. The van der Waals surface area contributed by atoms with Crippen molar-refractivity contribution in [2.75, 3.05) is 31.1 Å². The lowest BCUT2D eigenvalue weighted by molar-refractivity contribution is -0.137. The zero-order chi connectivity index (χ0) is 26.9. The maximum atomic E-state index is 13.1. The molecule has 0 atom stereocenters. The van der Waals surface area contributed by atoms with Crippen LogP contribution in [0.15, 0.2) is 64.4 Å². The van der Waals surface area contributed by atoms with Gasteiger partial charge in [-0.3, -0.25) is 9.36 Å². The van der Waals surface area contributed by atoms with Crippen molar-refractivity contribution in [3.05, 3.63) is 83.3 Å². The van der Waals surface area contributed by atoms with Crippen LogP contribution in [0.5, 0.6) is 0 Å². The first-order chi connectivity index (χ1) is 18.2. The first-order valence-corrected chi connectivity index (χ1v) is 13.0. The van der Waals surface area contributed by atoms with Gasteiger partial charge in [0.25, 0.3) is 5.91 Å². The van der Waals surface area contributed by atoms with Gasteiger partial charge >= 0.3 is 6.18 Å². The Bertz CT molecular complexity index is 1440. The fourth-order valence-corrected chi connectivity index (χ4v) is 5.16. The number of alkyl halides is 3. The van der Waals surface area contributed by atoms with Gasteiger partial charge in [-0.25, -0.2) is 4.98 Å². The molecule has 12 heteroatoms. The molecule has 0 bridgehead atoms. The lowest BCUT2D eigenvalue weighted by atomic mass is 10.1. The number of carbonyl (C=O) groups excluding carboxylic acids is 1. The number of carbonyl (C=O) groups is 1. The largest absolute Gasteiger partial charge is 0.447 e. The molecule has 2 aromatic carbocycles. The van der Waals surface area contributed by atoms with E-state index in [0.717, 1.165) is 29.2 Å². The maximum Gasteiger partial charge on any atom is 0.416 e. The second kappa shape index (κ2) is 10.5. The molecule has 0 N–H and O–H groups in total. The Kier molecular flexibility index (Phi) is 7.15. The van der Waals surface area contributed by atoms with Crippen molar-refractivity contribution in [1.82, 2.24) is 24.6 Å². The zero-order valence-electron chi connectivity index (χ0n) is 20.8. The van der Waals surface area contributed by atoms with Crippen LogP contribution in [0.1, 0.15) is 33.3 Å². The second-order valence-electron chi connectivity index (χ2n) is 8.95. The topological polar surface area (TPSA) is 80.3 Å². The standard InChI is InChI=1S/C26H25F3N6O2S/c1-17-5-3-8-21(13-17)35-18(2)31-32-25(35)38-16-23-30-22(15-37-23)24(36)34-11-9-33(10-12-34)20-7-4-6-19(14-20)26(27,28)29/h3-8,13-15H,9-12,16H2,1-2H3. The minimum Gasteiger partial charge on any atom is -0.447 e. The van der Waals surface area contributed by atoms with Crippen LogP contribution < -0.4 is 4.90 Å². The predicted molar refractivity (Wildman–Crippen MR) is 136 cm³/mol. The highest BCUT2D eigenvalue weighted by Gasteiger charge is 2.31. The van der Waals surface area contributed by atoms with Crippen LogP contribution >= 0.6 is 11.8 Å². The molecule has 198 valence electrons. The highest BCUT2D eigenvalue weighted by molar-refractivity contribution is 7.98. The van der Waals surface area contributed by atoms with E-state index in [1.165, 1.54) is 24.1 Å². The zero-order valence-corrected chi connectivity index (χ0v) is 21.6. The minimum absolute atomic E-state index is 0.199. The summed E-state index contributed by atoms with van der Waals surface area (Å²) in [5.41, 5.74) is 2.08. The van der Waals surface area contributed by atoms with E-state index in [9.17, 15) is 18.0 Å². The van der Waals surface area contributed by atoms with Crippen LogP contribution in [-0.2, 0) is 11.9 Å². The molecule has 1 fully saturated rings. The van der Waals surface area contributed by atoms with Crippen molar-refractivity contribution < 1.29 is 22.4 Å². The van der Waals surface area contributed by atoms with Crippen LogP contribution in [0.2, 0.25) is 0 Å². The normalized spacial score (nSPS) is 14.2. The van der Waals surface area contributed by atoms with E-state index in [1.54, 1.807) is 11.0 Å². The SMILES string of the molecule is Cc1cccc(-n2c(C)nnc2SCc2nc(C(=O)N3CCN(c4cccc(C(F)(F)F)c4)CC3)co2)c1. The van der Waals surface area contributed by atoms with Crippen molar-refractivity contribution in [1.29, 1.82) is 0 Å². The number of hydrogen-bond acceptors (Lipinski definition) is 7. The van der Waals surface area contributed by atoms with E-state index >= 15 is 0 Å². The monoisotopic (exact) mass is 542 g/mol. The average molecular weight is 543 g/mol. The molecule has 8 nitrogen and oxygen atoms in total. The second-order valence-corrected chi connectivity index (χ2v) is 9.89. The van der Waals surface area contributed by atoms with Gasteiger partial charge in [0.1, 0.15) is 12.1 Å². The highest BCUT2D eigenvalue weighted by Crippen LogP contribution is 2.32. The number of amides is 1. The van der Waals surface area contributed by atoms with E-state index in [0.29, 0.717) is 48.7 Å². The van der Waals surface area contributed by atoms with E-state index in [1.807, 2.05) is 41.5 Å². The molecule has 0 saturated carbocycles. The van der Waals surface area contributed by atoms with Gasteiger partial charge in [-0.15, -0.1) is 10.2 Å². The Morgan fingerprint density at radius 2 is 1.74 bits per heavy atom. The molecule has 0 spiro atoms. The Morgan fingerprint density at radius 3 is 2.47 bits per heavy atom. The number of halogens is 3. The predicted octanol–water partition coefficient (Wildman–Crippen LogP) is 5.15. The number of hydrogen-bond donors (Lipinski definition) is 0.